The lowest BCUT2D eigenvalue weighted by Gasteiger charge is -2.29. The second-order valence-corrected chi connectivity index (χ2v) is 7.78. The highest BCUT2D eigenvalue weighted by Gasteiger charge is 2.33. The van der Waals surface area contributed by atoms with Crippen molar-refractivity contribution in [1.29, 1.82) is 0 Å². The molecule has 2 aliphatic rings. The summed E-state index contributed by atoms with van der Waals surface area (Å²) in [4.78, 5) is 37.8. The second-order valence-electron chi connectivity index (χ2n) is 7.78. The van der Waals surface area contributed by atoms with Crippen molar-refractivity contribution in [3.8, 4) is 0 Å². The van der Waals surface area contributed by atoms with Crippen LogP contribution in [0.25, 0.3) is 6.08 Å². The van der Waals surface area contributed by atoms with E-state index in [1.807, 2.05) is 4.90 Å². The van der Waals surface area contributed by atoms with Crippen LogP contribution in [0.15, 0.2) is 48.5 Å². The first-order chi connectivity index (χ1) is 16.4. The third-order valence-corrected chi connectivity index (χ3v) is 5.50. The third kappa shape index (κ3) is 5.49. The van der Waals surface area contributed by atoms with Crippen molar-refractivity contribution in [2.45, 2.75) is 6.10 Å². The van der Waals surface area contributed by atoms with E-state index in [1.54, 1.807) is 12.1 Å². The molecule has 0 aromatic heterocycles. The zero-order chi connectivity index (χ0) is 24.1. The quantitative estimate of drug-likeness (QED) is 0.376. The number of nitrogens with zero attached hydrogens (tertiary/aromatic N) is 3. The van der Waals surface area contributed by atoms with Gasteiger partial charge in [-0.25, -0.2) is 9.18 Å². The molecule has 4 rings (SSSR count). The lowest BCUT2D eigenvalue weighted by molar-refractivity contribution is -0.384. The lowest BCUT2D eigenvalue weighted by atomic mass is 10.2. The number of nitro benzene ring substituents is 1. The number of nitro groups is 1. The van der Waals surface area contributed by atoms with Crippen LogP contribution in [0.1, 0.15) is 5.56 Å². The first-order valence-electron chi connectivity index (χ1n) is 10.7. The molecule has 1 N–H and O–H groups in total. The van der Waals surface area contributed by atoms with Crippen LogP contribution in [-0.2, 0) is 14.3 Å². The Morgan fingerprint density at radius 2 is 1.94 bits per heavy atom. The Hall–Kier alpha value is -3.99. The fraction of sp³-hybridized carbons (Fsp3) is 0.304. The Bertz CT molecular complexity index is 1100. The summed E-state index contributed by atoms with van der Waals surface area (Å²) in [7, 11) is 0. The van der Waals surface area contributed by atoms with Gasteiger partial charge in [0.25, 0.3) is 5.69 Å². The third-order valence-electron chi connectivity index (χ3n) is 5.50. The summed E-state index contributed by atoms with van der Waals surface area (Å²) in [6.07, 6.45) is 1.60. The number of anilines is 2. The average molecular weight is 470 g/mol. The first-order valence-corrected chi connectivity index (χ1v) is 10.7. The van der Waals surface area contributed by atoms with Gasteiger partial charge in [0.2, 0.25) is 5.91 Å². The van der Waals surface area contributed by atoms with Gasteiger partial charge in [-0.15, -0.1) is 0 Å². The number of morpholine rings is 1. The van der Waals surface area contributed by atoms with Crippen molar-refractivity contribution >= 4 is 35.1 Å². The maximum absolute atomic E-state index is 14.7. The average Bonchev–Trinajstić information content (AvgIpc) is 3.22. The molecule has 0 saturated carbocycles. The molecule has 0 radical (unpaired) electrons. The summed E-state index contributed by atoms with van der Waals surface area (Å²) >= 11 is 0. The normalized spacial score (nSPS) is 18.3. The van der Waals surface area contributed by atoms with Crippen molar-refractivity contribution in [3.05, 3.63) is 70.0 Å². The van der Waals surface area contributed by atoms with Crippen molar-refractivity contribution < 1.29 is 28.4 Å². The van der Waals surface area contributed by atoms with Crippen LogP contribution in [0.4, 0.5) is 26.2 Å². The molecule has 2 fully saturated rings. The smallest absolute Gasteiger partial charge is 0.414 e. The number of nitrogens with one attached hydrogen (secondary N) is 1. The fourth-order valence-corrected chi connectivity index (χ4v) is 3.72. The fourth-order valence-electron chi connectivity index (χ4n) is 3.72. The van der Waals surface area contributed by atoms with Gasteiger partial charge in [0, 0.05) is 31.3 Å². The molecule has 0 unspecified atom stereocenters. The molecule has 2 heterocycles. The van der Waals surface area contributed by atoms with E-state index in [4.69, 9.17) is 9.47 Å². The highest BCUT2D eigenvalue weighted by molar-refractivity contribution is 5.92. The molecule has 0 bridgehead atoms. The van der Waals surface area contributed by atoms with Gasteiger partial charge >= 0.3 is 6.09 Å². The Morgan fingerprint density at radius 1 is 1.21 bits per heavy atom. The highest BCUT2D eigenvalue weighted by atomic mass is 19.1. The number of hydrogen-bond donors (Lipinski definition) is 1. The molecule has 2 amide bonds. The maximum atomic E-state index is 14.7. The van der Waals surface area contributed by atoms with Gasteiger partial charge in [0.1, 0.15) is 11.9 Å². The zero-order valence-corrected chi connectivity index (χ0v) is 18.2. The standard InChI is InChI=1S/C23H23FN4O6/c24-20-13-18(6-7-21(20)26-9-11-33-12-10-26)27-15-19(34-23(27)30)14-25-22(29)8-3-16-1-4-17(5-2-16)28(31)32/h1-8,13,19H,9-12,14-15H2,(H,25,29)/b8-3+/t19-/m0/s1. The number of halogens is 1. The van der Waals surface area contributed by atoms with E-state index >= 15 is 0 Å². The minimum absolute atomic E-state index is 0.0372. The number of benzene rings is 2. The summed E-state index contributed by atoms with van der Waals surface area (Å²) in [6, 6.07) is 10.4. The van der Waals surface area contributed by atoms with Crippen molar-refractivity contribution in [1.82, 2.24) is 5.32 Å². The SMILES string of the molecule is O=C(/C=C/c1ccc([N+](=O)[O-])cc1)NC[C@H]1CN(c2ccc(N3CCOCC3)c(F)c2)C(=O)O1. The molecule has 2 aromatic rings. The Labute approximate surface area is 194 Å². The minimum Gasteiger partial charge on any atom is -0.442 e. The van der Waals surface area contributed by atoms with E-state index in [2.05, 4.69) is 5.32 Å². The van der Waals surface area contributed by atoms with Gasteiger partial charge in [0.05, 0.1) is 42.6 Å². The summed E-state index contributed by atoms with van der Waals surface area (Å²) in [6.45, 7) is 2.53. The number of amides is 2. The van der Waals surface area contributed by atoms with E-state index in [9.17, 15) is 24.1 Å². The molecule has 1 atom stereocenters. The van der Waals surface area contributed by atoms with Crippen LogP contribution < -0.4 is 15.1 Å². The predicted molar refractivity (Wildman–Crippen MR) is 122 cm³/mol. The topological polar surface area (TPSA) is 114 Å². The maximum Gasteiger partial charge on any atom is 0.414 e. The summed E-state index contributed by atoms with van der Waals surface area (Å²) in [5.41, 5.74) is 1.43. The largest absolute Gasteiger partial charge is 0.442 e. The number of ether oxygens (including phenoxy) is 2. The molecular weight excluding hydrogens is 447 g/mol. The number of hydrogen-bond acceptors (Lipinski definition) is 7. The predicted octanol–water partition coefficient (Wildman–Crippen LogP) is 2.73. The van der Waals surface area contributed by atoms with Crippen molar-refractivity contribution in [2.75, 3.05) is 49.2 Å². The zero-order valence-electron chi connectivity index (χ0n) is 18.2. The molecule has 178 valence electrons. The summed E-state index contributed by atoms with van der Waals surface area (Å²) in [5.74, 6) is -0.839. The monoisotopic (exact) mass is 470 g/mol. The summed E-state index contributed by atoms with van der Waals surface area (Å²) in [5, 5.41) is 13.3. The molecular formula is C23H23FN4O6. The van der Waals surface area contributed by atoms with Crippen molar-refractivity contribution in [2.24, 2.45) is 0 Å². The van der Waals surface area contributed by atoms with E-state index in [1.165, 1.54) is 47.4 Å². The van der Waals surface area contributed by atoms with E-state index in [0.29, 0.717) is 43.2 Å². The van der Waals surface area contributed by atoms with E-state index in [-0.39, 0.29) is 18.8 Å². The highest BCUT2D eigenvalue weighted by Crippen LogP contribution is 2.28. The van der Waals surface area contributed by atoms with Gasteiger partial charge in [-0.1, -0.05) is 0 Å². The van der Waals surface area contributed by atoms with Crippen LogP contribution in [0.5, 0.6) is 0 Å². The molecule has 11 heteroatoms. The van der Waals surface area contributed by atoms with Crippen LogP contribution in [0.3, 0.4) is 0 Å². The van der Waals surface area contributed by atoms with Gasteiger partial charge in [0.15, 0.2) is 0 Å². The number of rotatable bonds is 7. The molecule has 2 saturated heterocycles. The van der Waals surface area contributed by atoms with Gasteiger partial charge in [-0.05, 0) is 42.0 Å². The van der Waals surface area contributed by atoms with Crippen LogP contribution in [0, 0.1) is 15.9 Å². The van der Waals surface area contributed by atoms with Crippen LogP contribution in [-0.4, -0.2) is 62.4 Å². The number of non-ortho nitro benzene ring substituents is 1. The Kier molecular flexibility index (Phi) is 7.02. The molecule has 2 aliphatic heterocycles. The van der Waals surface area contributed by atoms with E-state index in [0.717, 1.165) is 0 Å². The summed E-state index contributed by atoms with van der Waals surface area (Å²) < 4.78 is 25.3. The molecule has 0 aliphatic carbocycles. The van der Waals surface area contributed by atoms with Gasteiger partial charge in [-0.2, -0.15) is 0 Å². The van der Waals surface area contributed by atoms with Crippen LogP contribution >= 0.6 is 0 Å². The lowest BCUT2D eigenvalue weighted by Crippen LogP contribution is -2.36. The number of carbonyl (C=O) groups excluding carboxylic acids is 2. The van der Waals surface area contributed by atoms with Crippen molar-refractivity contribution in [3.63, 3.8) is 0 Å². The first kappa shape index (κ1) is 23.2. The Balaban J connectivity index is 1.30. The van der Waals surface area contributed by atoms with Gasteiger partial charge in [-0.3, -0.25) is 19.8 Å². The second kappa shape index (κ2) is 10.3. The number of cyclic esters (lactones) is 1. The molecule has 34 heavy (non-hydrogen) atoms. The number of carbonyl (C=O) groups is 2. The van der Waals surface area contributed by atoms with Crippen LogP contribution in [0.2, 0.25) is 0 Å². The van der Waals surface area contributed by atoms with Gasteiger partial charge < -0.3 is 19.7 Å². The Morgan fingerprint density at radius 3 is 2.62 bits per heavy atom. The van der Waals surface area contributed by atoms with E-state index < -0.39 is 28.8 Å². The molecule has 10 nitrogen and oxygen atoms in total. The molecule has 2 aromatic carbocycles. The molecule has 0 spiro atoms. The minimum atomic E-state index is -0.612.